The van der Waals surface area contributed by atoms with Gasteiger partial charge in [0.05, 0.1) is 43.5 Å². The standard InChI is InChI=1S/C37H62O9/c1-11-12-29(30(38)15-13-25(4)35(40)26(5)20-28-14-16-31(39)32(22-28)43-7)18-23(2)17-24(3)19-33(44-8)36(41)34(45-9)21-27(6)37(42)46-10/h11,13,15,18,20,24-25,27-29,31-36,39-41H,1,12,14,16-17,19,21-22H2,2-10H3/b15-13+,23-18+,26-20+. The molecule has 0 bridgehead atoms. The number of esters is 1. The number of rotatable bonds is 21. The van der Waals surface area contributed by atoms with E-state index in [1.807, 2.05) is 26.8 Å². The largest absolute Gasteiger partial charge is 0.469 e. The molecule has 11 atom stereocenters. The molecule has 1 rings (SSSR count). The topological polar surface area (TPSA) is 132 Å². The van der Waals surface area contributed by atoms with Gasteiger partial charge in [0.1, 0.15) is 6.10 Å². The molecule has 0 spiro atoms. The van der Waals surface area contributed by atoms with E-state index in [0.29, 0.717) is 38.5 Å². The molecule has 3 N–H and O–H groups in total. The normalized spacial score (nSPS) is 24.8. The quantitative estimate of drug-likeness (QED) is 0.0852. The molecule has 1 aliphatic carbocycles. The van der Waals surface area contributed by atoms with Gasteiger partial charge in [-0.05, 0) is 82.3 Å². The zero-order chi connectivity index (χ0) is 35.0. The Hall–Kier alpha value is -2.14. The Morgan fingerprint density at radius 3 is 2.17 bits per heavy atom. The summed E-state index contributed by atoms with van der Waals surface area (Å²) in [4.78, 5) is 25.1. The summed E-state index contributed by atoms with van der Waals surface area (Å²) >= 11 is 0. The molecular formula is C37H62O9. The maximum Gasteiger partial charge on any atom is 0.308 e. The van der Waals surface area contributed by atoms with Gasteiger partial charge in [-0.3, -0.25) is 9.59 Å². The molecule has 46 heavy (non-hydrogen) atoms. The Bertz CT molecular complexity index is 1020. The number of ketones is 1. The fourth-order valence-electron chi connectivity index (χ4n) is 6.43. The van der Waals surface area contributed by atoms with E-state index < -0.39 is 36.4 Å². The van der Waals surface area contributed by atoms with E-state index >= 15 is 0 Å². The monoisotopic (exact) mass is 650 g/mol. The molecule has 1 fully saturated rings. The van der Waals surface area contributed by atoms with Crippen molar-refractivity contribution in [3.8, 4) is 0 Å². The van der Waals surface area contributed by atoms with Crippen LogP contribution in [0, 0.1) is 29.6 Å². The van der Waals surface area contributed by atoms with Crippen molar-refractivity contribution in [3.05, 3.63) is 48.1 Å². The molecule has 0 aliphatic heterocycles. The highest BCUT2D eigenvalue weighted by molar-refractivity contribution is 5.93. The SMILES string of the molecule is C=CCC(/C=C(\C)CC(C)CC(OC)C(O)C(CC(C)C(=O)OC)OC)C(=O)/C=C/C(C)C(O)/C(C)=C/C1CCC(O)C(OC)C1. The molecular weight excluding hydrogens is 588 g/mol. The molecule has 0 saturated heterocycles. The van der Waals surface area contributed by atoms with Gasteiger partial charge in [-0.25, -0.2) is 0 Å². The summed E-state index contributed by atoms with van der Waals surface area (Å²) in [7, 11) is 6.01. The zero-order valence-corrected chi connectivity index (χ0v) is 29.7. The second-order valence-electron chi connectivity index (χ2n) is 13.3. The first-order valence-corrected chi connectivity index (χ1v) is 16.6. The van der Waals surface area contributed by atoms with E-state index in [0.717, 1.165) is 17.6 Å². The maximum atomic E-state index is 13.2. The van der Waals surface area contributed by atoms with Crippen molar-refractivity contribution in [2.75, 3.05) is 28.4 Å². The lowest BCUT2D eigenvalue weighted by Gasteiger charge is -2.31. The third-order valence-corrected chi connectivity index (χ3v) is 9.26. The molecule has 1 aliphatic rings. The fraction of sp³-hybridized carbons (Fsp3) is 0.730. The van der Waals surface area contributed by atoms with Crippen LogP contribution in [0.15, 0.2) is 48.1 Å². The van der Waals surface area contributed by atoms with E-state index in [9.17, 15) is 24.9 Å². The van der Waals surface area contributed by atoms with Crippen molar-refractivity contribution < 1.29 is 43.9 Å². The first-order valence-electron chi connectivity index (χ1n) is 16.6. The third kappa shape index (κ3) is 13.9. The molecule has 9 nitrogen and oxygen atoms in total. The highest BCUT2D eigenvalue weighted by Crippen LogP contribution is 2.30. The smallest absolute Gasteiger partial charge is 0.308 e. The lowest BCUT2D eigenvalue weighted by molar-refractivity contribution is -0.148. The van der Waals surface area contributed by atoms with Crippen LogP contribution in [-0.4, -0.2) is 92.1 Å². The Morgan fingerprint density at radius 2 is 1.61 bits per heavy atom. The highest BCUT2D eigenvalue weighted by atomic mass is 16.5. The van der Waals surface area contributed by atoms with Crippen molar-refractivity contribution in [1.82, 2.24) is 0 Å². The van der Waals surface area contributed by atoms with Crippen LogP contribution < -0.4 is 0 Å². The summed E-state index contributed by atoms with van der Waals surface area (Å²) in [6.45, 7) is 13.4. The molecule has 0 aromatic rings. The van der Waals surface area contributed by atoms with Crippen LogP contribution in [0.2, 0.25) is 0 Å². The number of hydrogen-bond donors (Lipinski definition) is 3. The molecule has 264 valence electrons. The number of ether oxygens (including phenoxy) is 4. The van der Waals surface area contributed by atoms with E-state index in [1.165, 1.54) is 14.2 Å². The number of allylic oxidation sites excluding steroid dienone is 5. The van der Waals surface area contributed by atoms with E-state index in [1.54, 1.807) is 39.4 Å². The molecule has 0 heterocycles. The number of carbonyl (C=O) groups excluding carboxylic acids is 2. The average molecular weight is 651 g/mol. The Kier molecular flexibility index (Phi) is 19.7. The van der Waals surface area contributed by atoms with Gasteiger partial charge in [-0.15, -0.1) is 6.58 Å². The minimum absolute atomic E-state index is 0.0513. The van der Waals surface area contributed by atoms with Gasteiger partial charge in [0, 0.05) is 33.2 Å². The average Bonchev–Trinajstić information content (AvgIpc) is 3.03. The van der Waals surface area contributed by atoms with Crippen LogP contribution in [0.4, 0.5) is 0 Å². The maximum absolute atomic E-state index is 13.2. The minimum Gasteiger partial charge on any atom is -0.469 e. The zero-order valence-electron chi connectivity index (χ0n) is 29.7. The highest BCUT2D eigenvalue weighted by Gasteiger charge is 2.32. The molecule has 0 radical (unpaired) electrons. The van der Waals surface area contributed by atoms with Crippen LogP contribution in [0.25, 0.3) is 0 Å². The Labute approximate surface area is 277 Å². The molecule has 0 aromatic heterocycles. The van der Waals surface area contributed by atoms with E-state index in [2.05, 4.69) is 19.6 Å². The summed E-state index contributed by atoms with van der Waals surface area (Å²) in [5, 5.41) is 32.1. The summed E-state index contributed by atoms with van der Waals surface area (Å²) in [6, 6.07) is 0. The Morgan fingerprint density at radius 1 is 0.978 bits per heavy atom. The van der Waals surface area contributed by atoms with Gasteiger partial charge in [0.2, 0.25) is 0 Å². The number of hydrogen-bond acceptors (Lipinski definition) is 9. The second kappa shape index (κ2) is 21.7. The van der Waals surface area contributed by atoms with E-state index in [4.69, 9.17) is 18.9 Å². The van der Waals surface area contributed by atoms with Gasteiger partial charge >= 0.3 is 5.97 Å². The lowest BCUT2D eigenvalue weighted by Crippen LogP contribution is -2.42. The van der Waals surface area contributed by atoms with Crippen LogP contribution in [0.1, 0.15) is 79.6 Å². The first kappa shape index (κ1) is 41.9. The Balaban J connectivity index is 2.84. The van der Waals surface area contributed by atoms with Crippen molar-refractivity contribution >= 4 is 11.8 Å². The van der Waals surface area contributed by atoms with E-state index in [-0.39, 0.29) is 41.5 Å². The number of aliphatic hydroxyl groups is 3. The van der Waals surface area contributed by atoms with Crippen LogP contribution in [0.5, 0.6) is 0 Å². The molecule has 11 unspecified atom stereocenters. The molecule has 1 saturated carbocycles. The summed E-state index contributed by atoms with van der Waals surface area (Å²) in [5.74, 6) is -1.10. The number of methoxy groups -OCH3 is 4. The minimum atomic E-state index is -0.928. The summed E-state index contributed by atoms with van der Waals surface area (Å²) in [6.07, 6.45) is 10.0. The predicted molar refractivity (Wildman–Crippen MR) is 181 cm³/mol. The molecule has 0 amide bonds. The summed E-state index contributed by atoms with van der Waals surface area (Å²) in [5.41, 5.74) is 1.90. The predicted octanol–water partition coefficient (Wildman–Crippen LogP) is 5.38. The van der Waals surface area contributed by atoms with Gasteiger partial charge in [-0.1, -0.05) is 50.6 Å². The molecule has 9 heteroatoms. The van der Waals surface area contributed by atoms with Gasteiger partial charge in [0.25, 0.3) is 0 Å². The molecule has 0 aromatic carbocycles. The van der Waals surface area contributed by atoms with Crippen molar-refractivity contribution in [2.24, 2.45) is 29.6 Å². The first-order chi connectivity index (χ1) is 21.7. The van der Waals surface area contributed by atoms with Gasteiger partial charge in [-0.2, -0.15) is 0 Å². The third-order valence-electron chi connectivity index (χ3n) is 9.26. The lowest BCUT2D eigenvalue weighted by atomic mass is 9.83. The van der Waals surface area contributed by atoms with Gasteiger partial charge in [0.15, 0.2) is 5.78 Å². The van der Waals surface area contributed by atoms with Crippen LogP contribution in [-0.2, 0) is 28.5 Å². The fourth-order valence-corrected chi connectivity index (χ4v) is 6.43. The summed E-state index contributed by atoms with van der Waals surface area (Å²) < 4.78 is 21.4. The second-order valence-corrected chi connectivity index (χ2v) is 13.3. The van der Waals surface area contributed by atoms with Crippen molar-refractivity contribution in [3.63, 3.8) is 0 Å². The van der Waals surface area contributed by atoms with Crippen LogP contribution in [0.3, 0.4) is 0 Å². The van der Waals surface area contributed by atoms with Crippen molar-refractivity contribution in [1.29, 1.82) is 0 Å². The van der Waals surface area contributed by atoms with Crippen molar-refractivity contribution in [2.45, 2.75) is 116 Å². The van der Waals surface area contributed by atoms with Crippen LogP contribution >= 0.6 is 0 Å². The van der Waals surface area contributed by atoms with Gasteiger partial charge < -0.3 is 34.3 Å². The number of carbonyl (C=O) groups is 2. The number of aliphatic hydroxyl groups excluding tert-OH is 3.